The highest BCUT2D eigenvalue weighted by atomic mass is 16.3. The molecule has 0 radical (unpaired) electrons. The first-order valence-corrected chi connectivity index (χ1v) is 23.4. The van der Waals surface area contributed by atoms with Crippen molar-refractivity contribution in [1.29, 1.82) is 0 Å². The standard InChI is InChI=1S/C63H39N5O/c1-4-14-40(15-5-1)60-64-54(39-26-24-38(25-27-39)43-28-31-47-46-20-12-13-23-56(46)69-57(47)36-43)37-55(65-60)44-29-32-50-52(34-44)58-48-21-10-11-22-49(48)59(50)53-35-45(30-33-51(53)58)63-67-61(41-16-6-2-7-17-41)66-62(68-63)42-18-8-3-9-19-42/h1-37,58-59H. The molecule has 0 spiro atoms. The van der Waals surface area contributed by atoms with Crippen LogP contribution in [0.4, 0.5) is 0 Å². The Balaban J connectivity index is 0.852. The van der Waals surface area contributed by atoms with Crippen LogP contribution in [-0.4, -0.2) is 24.9 Å². The summed E-state index contributed by atoms with van der Waals surface area (Å²) >= 11 is 0. The van der Waals surface area contributed by atoms with E-state index in [1.54, 1.807) is 0 Å². The Kier molecular flexibility index (Phi) is 8.92. The first kappa shape index (κ1) is 39.1. The van der Waals surface area contributed by atoms with Crippen molar-refractivity contribution in [3.05, 3.63) is 258 Å². The molecule has 9 aromatic carbocycles. The average molecular weight is 882 g/mol. The molecule has 0 saturated heterocycles. The van der Waals surface area contributed by atoms with Crippen LogP contribution < -0.4 is 0 Å². The molecule has 3 aliphatic rings. The molecule has 3 heterocycles. The van der Waals surface area contributed by atoms with Crippen LogP contribution in [0.2, 0.25) is 0 Å². The number of nitrogens with zero attached hydrogens (tertiary/aromatic N) is 5. The Morgan fingerprint density at radius 3 is 1.28 bits per heavy atom. The largest absolute Gasteiger partial charge is 0.456 e. The van der Waals surface area contributed by atoms with Gasteiger partial charge in [0, 0.05) is 56.0 Å². The second-order valence-electron chi connectivity index (χ2n) is 17.9. The van der Waals surface area contributed by atoms with Gasteiger partial charge in [0.25, 0.3) is 0 Å². The van der Waals surface area contributed by atoms with Crippen LogP contribution in [0.3, 0.4) is 0 Å². The normalized spacial score (nSPS) is 14.4. The molecule has 0 fully saturated rings. The van der Waals surface area contributed by atoms with Crippen molar-refractivity contribution in [3.8, 4) is 79.2 Å². The minimum atomic E-state index is 0.0427. The van der Waals surface area contributed by atoms with Gasteiger partial charge in [0.2, 0.25) is 0 Å². The number of hydrogen-bond donors (Lipinski definition) is 0. The molecule has 2 unspecified atom stereocenters. The van der Waals surface area contributed by atoms with E-state index < -0.39 is 0 Å². The average Bonchev–Trinajstić information content (AvgIpc) is 3.81. The van der Waals surface area contributed by atoms with Crippen LogP contribution in [0.15, 0.2) is 229 Å². The maximum absolute atomic E-state index is 6.23. The molecule has 2 bridgehead atoms. The number of furan rings is 1. The van der Waals surface area contributed by atoms with E-state index in [-0.39, 0.29) is 11.8 Å². The molecule has 0 saturated carbocycles. The molecule has 6 heteroatoms. The predicted molar refractivity (Wildman–Crippen MR) is 276 cm³/mol. The first-order valence-electron chi connectivity index (χ1n) is 23.4. The topological polar surface area (TPSA) is 77.6 Å². The maximum Gasteiger partial charge on any atom is 0.164 e. The van der Waals surface area contributed by atoms with E-state index in [0.717, 1.165) is 77.8 Å². The molecule has 3 aliphatic carbocycles. The van der Waals surface area contributed by atoms with Gasteiger partial charge in [0.1, 0.15) is 11.2 Å². The van der Waals surface area contributed by atoms with Gasteiger partial charge in [-0.15, -0.1) is 0 Å². The Hall–Kier alpha value is -9.13. The second-order valence-corrected chi connectivity index (χ2v) is 17.9. The molecule has 322 valence electrons. The van der Waals surface area contributed by atoms with Gasteiger partial charge < -0.3 is 4.42 Å². The lowest BCUT2D eigenvalue weighted by atomic mass is 9.60. The lowest BCUT2D eigenvalue weighted by Crippen LogP contribution is -2.27. The predicted octanol–water partition coefficient (Wildman–Crippen LogP) is 15.2. The van der Waals surface area contributed by atoms with E-state index >= 15 is 0 Å². The maximum atomic E-state index is 6.23. The van der Waals surface area contributed by atoms with Crippen molar-refractivity contribution in [3.63, 3.8) is 0 Å². The number of fused-ring (bicyclic) bond motifs is 3. The van der Waals surface area contributed by atoms with E-state index in [1.807, 2.05) is 66.7 Å². The summed E-state index contributed by atoms with van der Waals surface area (Å²) in [5.41, 5.74) is 19.6. The zero-order chi connectivity index (χ0) is 45.4. The van der Waals surface area contributed by atoms with Gasteiger partial charge in [0.05, 0.1) is 11.4 Å². The third-order valence-electron chi connectivity index (χ3n) is 13.9. The van der Waals surface area contributed by atoms with Gasteiger partial charge >= 0.3 is 0 Å². The summed E-state index contributed by atoms with van der Waals surface area (Å²) < 4.78 is 6.23. The van der Waals surface area contributed by atoms with E-state index in [9.17, 15) is 0 Å². The molecular weight excluding hydrogens is 843 g/mol. The fraction of sp³-hybridized carbons (Fsp3) is 0.0317. The quantitative estimate of drug-likeness (QED) is 0.159. The van der Waals surface area contributed by atoms with Gasteiger partial charge in [-0.1, -0.05) is 188 Å². The SMILES string of the molecule is c1ccc(-c2nc(-c3ccc(-c4ccc5c(c4)oc4ccccc45)cc3)cc(-c3ccc4c(c3)C3c5ccccc5C4c4cc(-c5nc(-c6ccccc6)nc(-c6ccccc6)n5)ccc43)n2)cc1. The molecule has 0 amide bonds. The van der Waals surface area contributed by atoms with E-state index in [0.29, 0.717) is 23.3 Å². The Morgan fingerprint density at radius 1 is 0.246 bits per heavy atom. The number of rotatable bonds is 7. The van der Waals surface area contributed by atoms with Crippen LogP contribution in [0.25, 0.3) is 101 Å². The highest BCUT2D eigenvalue weighted by molar-refractivity contribution is 6.05. The van der Waals surface area contributed by atoms with Crippen LogP contribution in [0.5, 0.6) is 0 Å². The van der Waals surface area contributed by atoms with Crippen molar-refractivity contribution < 1.29 is 4.42 Å². The zero-order valence-electron chi connectivity index (χ0n) is 37.2. The first-order chi connectivity index (χ1) is 34.2. The number of aromatic nitrogens is 5. The molecule has 0 aliphatic heterocycles. The van der Waals surface area contributed by atoms with Gasteiger partial charge in [-0.3, -0.25) is 0 Å². The molecule has 2 atom stereocenters. The van der Waals surface area contributed by atoms with E-state index in [1.165, 1.54) is 33.4 Å². The number of hydrogen-bond acceptors (Lipinski definition) is 6. The third kappa shape index (κ3) is 6.60. The summed E-state index contributed by atoms with van der Waals surface area (Å²) in [4.78, 5) is 25.6. The second kappa shape index (κ2) is 15.8. The fourth-order valence-corrected chi connectivity index (χ4v) is 10.7. The van der Waals surface area contributed by atoms with E-state index in [4.69, 9.17) is 29.3 Å². The molecule has 0 N–H and O–H groups in total. The van der Waals surface area contributed by atoms with Gasteiger partial charge in [-0.25, -0.2) is 24.9 Å². The summed E-state index contributed by atoms with van der Waals surface area (Å²) in [6.45, 7) is 0. The fourth-order valence-electron chi connectivity index (χ4n) is 10.7. The molecule has 15 rings (SSSR count). The monoisotopic (exact) mass is 881 g/mol. The van der Waals surface area contributed by atoms with Crippen molar-refractivity contribution >= 4 is 21.9 Å². The Labute approximate surface area is 398 Å². The number of benzene rings is 9. The molecular formula is C63H39N5O. The lowest BCUT2D eigenvalue weighted by molar-refractivity contribution is 0.669. The van der Waals surface area contributed by atoms with Gasteiger partial charge in [0.15, 0.2) is 23.3 Å². The highest BCUT2D eigenvalue weighted by Crippen LogP contribution is 2.56. The van der Waals surface area contributed by atoms with Crippen LogP contribution in [0.1, 0.15) is 45.2 Å². The minimum Gasteiger partial charge on any atom is -0.456 e. The molecule has 69 heavy (non-hydrogen) atoms. The lowest BCUT2D eigenvalue weighted by Gasteiger charge is -2.42. The van der Waals surface area contributed by atoms with E-state index in [2.05, 4.69) is 158 Å². The third-order valence-corrected chi connectivity index (χ3v) is 13.9. The van der Waals surface area contributed by atoms with Crippen LogP contribution in [-0.2, 0) is 0 Å². The smallest absolute Gasteiger partial charge is 0.164 e. The Morgan fingerprint density at radius 2 is 0.667 bits per heavy atom. The summed E-state index contributed by atoms with van der Waals surface area (Å²) in [5, 5.41) is 2.25. The summed E-state index contributed by atoms with van der Waals surface area (Å²) in [6.07, 6.45) is 0. The number of para-hydroxylation sites is 1. The zero-order valence-corrected chi connectivity index (χ0v) is 37.2. The van der Waals surface area contributed by atoms with Crippen LogP contribution in [0, 0.1) is 0 Å². The minimum absolute atomic E-state index is 0.0427. The Bertz CT molecular complexity index is 3900. The molecule has 6 nitrogen and oxygen atoms in total. The van der Waals surface area contributed by atoms with Crippen molar-refractivity contribution in [2.45, 2.75) is 11.8 Å². The van der Waals surface area contributed by atoms with Crippen molar-refractivity contribution in [1.82, 2.24) is 24.9 Å². The summed E-state index contributed by atoms with van der Waals surface area (Å²) in [5.74, 6) is 2.74. The summed E-state index contributed by atoms with van der Waals surface area (Å²) in [6, 6.07) is 78.8. The van der Waals surface area contributed by atoms with Crippen molar-refractivity contribution in [2.75, 3.05) is 0 Å². The van der Waals surface area contributed by atoms with Crippen molar-refractivity contribution in [2.24, 2.45) is 0 Å². The highest BCUT2D eigenvalue weighted by Gasteiger charge is 2.41. The summed E-state index contributed by atoms with van der Waals surface area (Å²) in [7, 11) is 0. The van der Waals surface area contributed by atoms with Crippen LogP contribution >= 0.6 is 0 Å². The van der Waals surface area contributed by atoms with Gasteiger partial charge in [-0.05, 0) is 80.9 Å². The van der Waals surface area contributed by atoms with Gasteiger partial charge in [-0.2, -0.15) is 0 Å². The molecule has 12 aromatic rings. The molecule has 3 aromatic heterocycles.